The first-order valence-corrected chi connectivity index (χ1v) is 8.39. The number of carbonyl (C=O) groups excluding carboxylic acids is 2. The van der Waals surface area contributed by atoms with Gasteiger partial charge in [0.1, 0.15) is 11.6 Å². The minimum atomic E-state index is -0.825. The molecule has 2 aromatic carbocycles. The van der Waals surface area contributed by atoms with Crippen LogP contribution in [0, 0.1) is 11.6 Å². The zero-order valence-electron chi connectivity index (χ0n) is 13.5. The molecule has 0 bridgehead atoms. The SMILES string of the molecule is CC(=O)Nc1ccc(-c2csc(NC(=O)c3cc(F)cc(F)c3)n2)cc1. The summed E-state index contributed by atoms with van der Waals surface area (Å²) >= 11 is 1.19. The van der Waals surface area contributed by atoms with Crippen LogP contribution in [0.4, 0.5) is 19.6 Å². The summed E-state index contributed by atoms with van der Waals surface area (Å²) in [6.45, 7) is 1.42. The Labute approximate surface area is 151 Å². The first kappa shape index (κ1) is 17.7. The van der Waals surface area contributed by atoms with Gasteiger partial charge >= 0.3 is 0 Å². The molecule has 3 rings (SSSR count). The van der Waals surface area contributed by atoms with Crippen LogP contribution >= 0.6 is 11.3 Å². The number of amides is 2. The number of rotatable bonds is 4. The maximum Gasteiger partial charge on any atom is 0.257 e. The van der Waals surface area contributed by atoms with E-state index in [1.165, 1.54) is 18.3 Å². The third-order valence-corrected chi connectivity index (χ3v) is 4.11. The average Bonchev–Trinajstić information content (AvgIpc) is 3.02. The summed E-state index contributed by atoms with van der Waals surface area (Å²) in [4.78, 5) is 27.4. The second-order valence-corrected chi connectivity index (χ2v) is 6.27. The van der Waals surface area contributed by atoms with Crippen molar-refractivity contribution < 1.29 is 18.4 Å². The molecule has 0 saturated heterocycles. The van der Waals surface area contributed by atoms with Crippen LogP contribution in [-0.2, 0) is 4.79 Å². The zero-order chi connectivity index (χ0) is 18.7. The van der Waals surface area contributed by atoms with Crippen molar-refractivity contribution in [2.45, 2.75) is 6.92 Å². The van der Waals surface area contributed by atoms with E-state index in [9.17, 15) is 18.4 Å². The van der Waals surface area contributed by atoms with Crippen molar-refractivity contribution in [1.82, 2.24) is 4.98 Å². The van der Waals surface area contributed by atoms with Crippen LogP contribution in [0.5, 0.6) is 0 Å². The Morgan fingerprint density at radius 3 is 2.27 bits per heavy atom. The van der Waals surface area contributed by atoms with E-state index in [2.05, 4.69) is 15.6 Å². The minimum Gasteiger partial charge on any atom is -0.326 e. The monoisotopic (exact) mass is 373 g/mol. The Morgan fingerprint density at radius 1 is 1.00 bits per heavy atom. The highest BCUT2D eigenvalue weighted by Gasteiger charge is 2.12. The molecule has 0 unspecified atom stereocenters. The molecule has 1 aromatic heterocycles. The molecule has 0 aliphatic rings. The third kappa shape index (κ3) is 4.28. The van der Waals surface area contributed by atoms with Gasteiger partial charge < -0.3 is 5.32 Å². The molecule has 2 amide bonds. The lowest BCUT2D eigenvalue weighted by atomic mass is 10.1. The van der Waals surface area contributed by atoms with Crippen molar-refractivity contribution >= 4 is 34.0 Å². The van der Waals surface area contributed by atoms with E-state index in [0.29, 0.717) is 22.6 Å². The number of nitrogens with zero attached hydrogens (tertiary/aromatic N) is 1. The smallest absolute Gasteiger partial charge is 0.257 e. The van der Waals surface area contributed by atoms with Gasteiger partial charge in [0.05, 0.1) is 5.69 Å². The molecule has 0 spiro atoms. The first-order valence-electron chi connectivity index (χ1n) is 7.52. The van der Waals surface area contributed by atoms with Crippen LogP contribution in [0.3, 0.4) is 0 Å². The van der Waals surface area contributed by atoms with Crippen LogP contribution in [0.15, 0.2) is 47.8 Å². The quantitative estimate of drug-likeness (QED) is 0.716. The molecule has 0 fully saturated rings. The van der Waals surface area contributed by atoms with Gasteiger partial charge in [0.15, 0.2) is 5.13 Å². The summed E-state index contributed by atoms with van der Waals surface area (Å²) in [5, 5.41) is 7.24. The maximum atomic E-state index is 13.2. The topological polar surface area (TPSA) is 71.1 Å². The summed E-state index contributed by atoms with van der Waals surface area (Å²) < 4.78 is 26.4. The van der Waals surface area contributed by atoms with Gasteiger partial charge in [-0.2, -0.15) is 0 Å². The van der Waals surface area contributed by atoms with Gasteiger partial charge in [0, 0.05) is 35.2 Å². The molecule has 3 aromatic rings. The van der Waals surface area contributed by atoms with E-state index in [1.54, 1.807) is 29.6 Å². The highest BCUT2D eigenvalue weighted by Crippen LogP contribution is 2.26. The van der Waals surface area contributed by atoms with E-state index in [0.717, 1.165) is 17.7 Å². The highest BCUT2D eigenvalue weighted by atomic mass is 32.1. The van der Waals surface area contributed by atoms with Gasteiger partial charge in [0.25, 0.3) is 5.91 Å². The molecule has 0 saturated carbocycles. The van der Waals surface area contributed by atoms with Gasteiger partial charge in [0.2, 0.25) is 5.91 Å². The maximum absolute atomic E-state index is 13.2. The highest BCUT2D eigenvalue weighted by molar-refractivity contribution is 7.14. The fourth-order valence-corrected chi connectivity index (χ4v) is 2.96. The molecule has 0 aliphatic carbocycles. The predicted octanol–water partition coefficient (Wildman–Crippen LogP) is 4.30. The number of carbonyl (C=O) groups is 2. The lowest BCUT2D eigenvalue weighted by Crippen LogP contribution is -2.12. The molecule has 0 atom stereocenters. The Morgan fingerprint density at radius 2 is 1.65 bits per heavy atom. The molecule has 1 heterocycles. The van der Waals surface area contributed by atoms with Crippen molar-refractivity contribution in [2.75, 3.05) is 10.6 Å². The Balaban J connectivity index is 1.73. The van der Waals surface area contributed by atoms with Crippen molar-refractivity contribution in [3.8, 4) is 11.3 Å². The number of halogens is 2. The summed E-state index contributed by atoms with van der Waals surface area (Å²) in [7, 11) is 0. The lowest BCUT2D eigenvalue weighted by Gasteiger charge is -2.03. The fraction of sp³-hybridized carbons (Fsp3) is 0.0556. The predicted molar refractivity (Wildman–Crippen MR) is 96.2 cm³/mol. The molecular formula is C18H13F2N3O2S. The number of hydrogen-bond acceptors (Lipinski definition) is 4. The standard InChI is InChI=1S/C18H13F2N3O2S/c1-10(24)21-15-4-2-11(3-5-15)16-9-26-18(22-16)23-17(25)12-6-13(19)8-14(20)7-12/h2-9H,1H3,(H,21,24)(H,22,23,25). The van der Waals surface area contributed by atoms with Gasteiger partial charge in [-0.3, -0.25) is 14.9 Å². The van der Waals surface area contributed by atoms with Crippen LogP contribution in [0.2, 0.25) is 0 Å². The van der Waals surface area contributed by atoms with Gasteiger partial charge in [-0.25, -0.2) is 13.8 Å². The van der Waals surface area contributed by atoms with E-state index < -0.39 is 17.5 Å². The first-order chi connectivity index (χ1) is 12.4. The molecule has 0 aliphatic heterocycles. The van der Waals surface area contributed by atoms with E-state index in [1.807, 2.05) is 0 Å². The van der Waals surface area contributed by atoms with Gasteiger partial charge in [-0.1, -0.05) is 12.1 Å². The summed E-state index contributed by atoms with van der Waals surface area (Å²) in [6, 6.07) is 9.65. The van der Waals surface area contributed by atoms with Crippen molar-refractivity contribution in [2.24, 2.45) is 0 Å². The number of nitrogens with one attached hydrogen (secondary N) is 2. The Bertz CT molecular complexity index is 951. The fourth-order valence-electron chi connectivity index (χ4n) is 2.25. The molecule has 26 heavy (non-hydrogen) atoms. The summed E-state index contributed by atoms with van der Waals surface area (Å²) in [5.74, 6) is -2.46. The van der Waals surface area contributed by atoms with E-state index in [-0.39, 0.29) is 11.5 Å². The van der Waals surface area contributed by atoms with Crippen molar-refractivity contribution in [3.05, 3.63) is 65.0 Å². The van der Waals surface area contributed by atoms with Gasteiger partial charge in [-0.15, -0.1) is 11.3 Å². The molecule has 132 valence electrons. The van der Waals surface area contributed by atoms with E-state index in [4.69, 9.17) is 0 Å². The normalized spacial score (nSPS) is 10.4. The van der Waals surface area contributed by atoms with Gasteiger partial charge in [-0.05, 0) is 24.3 Å². The largest absolute Gasteiger partial charge is 0.326 e. The second kappa shape index (κ2) is 7.40. The zero-order valence-corrected chi connectivity index (χ0v) is 14.4. The summed E-state index contributed by atoms with van der Waals surface area (Å²) in [6.07, 6.45) is 0. The van der Waals surface area contributed by atoms with Crippen LogP contribution in [-0.4, -0.2) is 16.8 Å². The minimum absolute atomic E-state index is 0.126. The molecule has 8 heteroatoms. The van der Waals surface area contributed by atoms with Crippen LogP contribution in [0.25, 0.3) is 11.3 Å². The van der Waals surface area contributed by atoms with Crippen LogP contribution in [0.1, 0.15) is 17.3 Å². The third-order valence-electron chi connectivity index (χ3n) is 3.35. The van der Waals surface area contributed by atoms with E-state index >= 15 is 0 Å². The molecule has 5 nitrogen and oxygen atoms in total. The molecular weight excluding hydrogens is 360 g/mol. The Hall–Kier alpha value is -3.13. The van der Waals surface area contributed by atoms with Crippen LogP contribution < -0.4 is 10.6 Å². The number of benzene rings is 2. The number of anilines is 2. The Kier molecular flexibility index (Phi) is 5.04. The van der Waals surface area contributed by atoms with Crippen molar-refractivity contribution in [1.29, 1.82) is 0 Å². The number of thiazole rings is 1. The molecule has 2 N–H and O–H groups in total. The second-order valence-electron chi connectivity index (χ2n) is 5.41. The van der Waals surface area contributed by atoms with Crippen molar-refractivity contribution in [3.63, 3.8) is 0 Å². The average molecular weight is 373 g/mol. The number of hydrogen-bond donors (Lipinski definition) is 2. The molecule has 0 radical (unpaired) electrons. The lowest BCUT2D eigenvalue weighted by molar-refractivity contribution is -0.114. The summed E-state index contributed by atoms with van der Waals surface area (Å²) in [5.41, 5.74) is 1.97. The number of aromatic nitrogens is 1.